The maximum Gasteiger partial charge on any atom is 0.165 e. The zero-order chi connectivity index (χ0) is 6.41. The Kier molecular flexibility index (Phi) is 4.07. The van der Waals surface area contributed by atoms with Gasteiger partial charge in [-0.2, -0.15) is 0 Å². The van der Waals surface area contributed by atoms with Gasteiger partial charge in [-0.25, -0.2) is 0 Å². The normalized spacial score (nSPS) is 8.62. The molecular formula is C5H9NO2. The van der Waals surface area contributed by atoms with Crippen LogP contribution in [-0.2, 0) is 9.53 Å². The summed E-state index contributed by atoms with van der Waals surface area (Å²) in [6.45, 7) is 2.51. The van der Waals surface area contributed by atoms with Crippen molar-refractivity contribution >= 4 is 12.0 Å². The third kappa shape index (κ3) is 3.49. The molecule has 0 aromatic heterocycles. The minimum Gasteiger partial charge on any atom is -0.375 e. The minimum atomic E-state index is -0.00755. The number of hydrogen-bond donors (Lipinski definition) is 1. The van der Waals surface area contributed by atoms with Crippen molar-refractivity contribution in [1.82, 2.24) is 0 Å². The van der Waals surface area contributed by atoms with Gasteiger partial charge in [0.15, 0.2) is 6.29 Å². The Hall–Kier alpha value is -0.700. The van der Waals surface area contributed by atoms with Crippen LogP contribution < -0.4 is 0 Å². The molecule has 0 aliphatic rings. The lowest BCUT2D eigenvalue weighted by molar-refractivity contribution is -0.103. The van der Waals surface area contributed by atoms with Gasteiger partial charge in [0.05, 0.1) is 12.3 Å². The summed E-state index contributed by atoms with van der Waals surface area (Å²) in [6.07, 6.45) is 0.482. The van der Waals surface area contributed by atoms with E-state index in [0.717, 1.165) is 0 Å². The summed E-state index contributed by atoms with van der Waals surface area (Å²) in [6, 6.07) is 0. The first-order chi connectivity index (χ1) is 3.81. The number of nitrogens with one attached hydrogen (secondary N) is 1. The second-order valence-corrected chi connectivity index (χ2v) is 1.28. The molecule has 1 N–H and O–H groups in total. The van der Waals surface area contributed by atoms with Gasteiger partial charge in [0.2, 0.25) is 0 Å². The first kappa shape index (κ1) is 7.30. The highest BCUT2D eigenvalue weighted by molar-refractivity contribution is 6.27. The summed E-state index contributed by atoms with van der Waals surface area (Å²) in [5.41, 5.74) is -0.00755. The molecule has 0 atom stereocenters. The Labute approximate surface area is 48.2 Å². The van der Waals surface area contributed by atoms with Gasteiger partial charge in [-0.05, 0) is 6.92 Å². The van der Waals surface area contributed by atoms with Crippen molar-refractivity contribution in [3.8, 4) is 0 Å². The topological polar surface area (TPSA) is 50.1 Å². The van der Waals surface area contributed by atoms with Crippen LogP contribution >= 0.6 is 0 Å². The lowest BCUT2D eigenvalue weighted by Crippen LogP contribution is -2.07. The third-order valence-corrected chi connectivity index (χ3v) is 0.604. The fourth-order valence-electron chi connectivity index (χ4n) is 0.246. The first-order valence-corrected chi connectivity index (χ1v) is 2.41. The molecule has 0 aliphatic carbocycles. The number of rotatable bonds is 4. The van der Waals surface area contributed by atoms with Crippen LogP contribution in [-0.4, -0.2) is 25.2 Å². The van der Waals surface area contributed by atoms with Gasteiger partial charge in [0.1, 0.15) is 0 Å². The van der Waals surface area contributed by atoms with Crippen LogP contribution in [0, 0.1) is 5.41 Å². The maximum absolute atomic E-state index is 9.71. The van der Waals surface area contributed by atoms with Crippen molar-refractivity contribution in [2.24, 2.45) is 0 Å². The third-order valence-electron chi connectivity index (χ3n) is 0.604. The summed E-state index contributed by atoms with van der Waals surface area (Å²) in [4.78, 5) is 9.71. The fourth-order valence-corrected chi connectivity index (χ4v) is 0.246. The van der Waals surface area contributed by atoms with Gasteiger partial charge >= 0.3 is 0 Å². The van der Waals surface area contributed by atoms with E-state index < -0.39 is 0 Å². The molecule has 0 amide bonds. The highest BCUT2D eigenvalue weighted by Gasteiger charge is 1.89. The number of ether oxygens (including phenoxy) is 1. The van der Waals surface area contributed by atoms with E-state index in [2.05, 4.69) is 0 Å². The van der Waals surface area contributed by atoms with Crippen LogP contribution in [0.3, 0.4) is 0 Å². The van der Waals surface area contributed by atoms with E-state index >= 15 is 0 Å². The summed E-state index contributed by atoms with van der Waals surface area (Å²) in [5.74, 6) is 0. The number of hydrogen-bond acceptors (Lipinski definition) is 3. The lowest BCUT2D eigenvalue weighted by Gasteiger charge is -1.93. The van der Waals surface area contributed by atoms with E-state index in [1.165, 1.54) is 0 Å². The predicted molar refractivity (Wildman–Crippen MR) is 30.3 cm³/mol. The van der Waals surface area contributed by atoms with Gasteiger partial charge in [0.25, 0.3) is 0 Å². The SMILES string of the molecule is CCOCC(=N)C=O. The molecule has 8 heavy (non-hydrogen) atoms. The number of carbonyl (C=O) groups excluding carboxylic acids is 1. The summed E-state index contributed by atoms with van der Waals surface area (Å²) >= 11 is 0. The van der Waals surface area contributed by atoms with E-state index in [1.807, 2.05) is 6.92 Å². The second-order valence-electron chi connectivity index (χ2n) is 1.28. The van der Waals surface area contributed by atoms with Crippen LogP contribution in [0.1, 0.15) is 6.92 Å². The van der Waals surface area contributed by atoms with E-state index in [4.69, 9.17) is 10.1 Å². The molecule has 3 heteroatoms. The minimum absolute atomic E-state index is 0.00755. The van der Waals surface area contributed by atoms with Gasteiger partial charge < -0.3 is 4.74 Å². The molecule has 0 bridgehead atoms. The average molecular weight is 115 g/mol. The monoisotopic (exact) mass is 115 g/mol. The van der Waals surface area contributed by atoms with Crippen molar-refractivity contribution in [1.29, 1.82) is 5.41 Å². The van der Waals surface area contributed by atoms with Crippen molar-refractivity contribution in [3.63, 3.8) is 0 Å². The summed E-state index contributed by atoms with van der Waals surface area (Å²) in [5, 5.41) is 6.75. The molecule has 0 radical (unpaired) electrons. The van der Waals surface area contributed by atoms with Gasteiger partial charge in [0, 0.05) is 6.61 Å². The number of aldehydes is 1. The molecule has 0 fully saturated rings. The lowest BCUT2D eigenvalue weighted by atomic mass is 10.4. The van der Waals surface area contributed by atoms with E-state index in [9.17, 15) is 4.79 Å². The number of carbonyl (C=O) groups is 1. The van der Waals surface area contributed by atoms with Crippen molar-refractivity contribution < 1.29 is 9.53 Å². The molecule has 3 nitrogen and oxygen atoms in total. The Bertz CT molecular complexity index is 90.4. The molecule has 0 rings (SSSR count). The maximum atomic E-state index is 9.71. The molecule has 0 heterocycles. The van der Waals surface area contributed by atoms with Crippen molar-refractivity contribution in [2.75, 3.05) is 13.2 Å². The Morgan fingerprint density at radius 1 is 1.88 bits per heavy atom. The highest BCUT2D eigenvalue weighted by Crippen LogP contribution is 1.71. The van der Waals surface area contributed by atoms with E-state index in [0.29, 0.717) is 12.9 Å². The van der Waals surface area contributed by atoms with Gasteiger partial charge in [-0.3, -0.25) is 10.2 Å². The zero-order valence-electron chi connectivity index (χ0n) is 4.81. The largest absolute Gasteiger partial charge is 0.375 e. The molecule has 0 aliphatic heterocycles. The quantitative estimate of drug-likeness (QED) is 0.421. The molecule has 0 aromatic carbocycles. The summed E-state index contributed by atoms with van der Waals surface area (Å²) < 4.78 is 4.73. The molecule has 0 saturated carbocycles. The van der Waals surface area contributed by atoms with Crippen LogP contribution in [0.4, 0.5) is 0 Å². The first-order valence-electron chi connectivity index (χ1n) is 2.41. The smallest absolute Gasteiger partial charge is 0.165 e. The Balaban J connectivity index is 3.11. The molecule has 0 saturated heterocycles. The second kappa shape index (κ2) is 4.46. The summed E-state index contributed by atoms with van der Waals surface area (Å²) in [7, 11) is 0. The predicted octanol–water partition coefficient (Wildman–Crippen LogP) is 0.242. The van der Waals surface area contributed by atoms with E-state index in [-0.39, 0.29) is 12.3 Å². The molecule has 46 valence electrons. The Morgan fingerprint density at radius 3 is 2.88 bits per heavy atom. The Morgan fingerprint density at radius 2 is 2.50 bits per heavy atom. The van der Waals surface area contributed by atoms with Gasteiger partial charge in [-0.1, -0.05) is 0 Å². The molecule has 0 unspecified atom stereocenters. The van der Waals surface area contributed by atoms with Gasteiger partial charge in [-0.15, -0.1) is 0 Å². The fraction of sp³-hybridized carbons (Fsp3) is 0.600. The zero-order valence-corrected chi connectivity index (χ0v) is 4.81. The molecular weight excluding hydrogens is 106 g/mol. The van der Waals surface area contributed by atoms with Crippen molar-refractivity contribution in [2.45, 2.75) is 6.92 Å². The van der Waals surface area contributed by atoms with Crippen LogP contribution in [0.5, 0.6) is 0 Å². The highest BCUT2D eigenvalue weighted by atomic mass is 16.5. The molecule has 0 spiro atoms. The standard InChI is InChI=1S/C5H9NO2/c1-2-8-4-5(6)3-7/h3,6H,2,4H2,1H3. The van der Waals surface area contributed by atoms with Crippen LogP contribution in [0.15, 0.2) is 0 Å². The molecule has 0 aromatic rings. The average Bonchev–Trinajstić information content (AvgIpc) is 1.83. The van der Waals surface area contributed by atoms with Crippen LogP contribution in [0.25, 0.3) is 0 Å². The van der Waals surface area contributed by atoms with Crippen LogP contribution in [0.2, 0.25) is 0 Å². The van der Waals surface area contributed by atoms with E-state index in [1.54, 1.807) is 0 Å². The van der Waals surface area contributed by atoms with Crippen molar-refractivity contribution in [3.05, 3.63) is 0 Å².